The molecule has 0 spiro atoms. The van der Waals surface area contributed by atoms with E-state index in [1.807, 2.05) is 6.92 Å². The van der Waals surface area contributed by atoms with E-state index >= 15 is 0 Å². The Morgan fingerprint density at radius 3 is 2.54 bits per heavy atom. The van der Waals surface area contributed by atoms with Gasteiger partial charge in [-0.15, -0.1) is 0 Å². The van der Waals surface area contributed by atoms with Crippen LogP contribution in [0.2, 0.25) is 5.02 Å². The highest BCUT2D eigenvalue weighted by Gasteiger charge is 2.26. The maximum absolute atomic E-state index is 12.1. The third-order valence-electron chi connectivity index (χ3n) is 2.96. The maximum atomic E-state index is 12.1. The van der Waals surface area contributed by atoms with Crippen LogP contribution in [0.3, 0.4) is 0 Å². The molecule has 136 valence electrons. The number of halogens is 4. The van der Waals surface area contributed by atoms with Crippen LogP contribution in [0.15, 0.2) is 17.1 Å². The number of hydrogen-bond donors (Lipinski definition) is 2. The fourth-order valence-corrected chi connectivity index (χ4v) is 2.18. The summed E-state index contributed by atoms with van der Waals surface area (Å²) in [6.07, 6.45) is -5.14. The fraction of sp³-hybridized carbons (Fsp3) is 0.533. The first-order valence-electron chi connectivity index (χ1n) is 7.31. The number of ether oxygens (including phenoxy) is 2. The predicted molar refractivity (Wildman–Crippen MR) is 88.0 cm³/mol. The van der Waals surface area contributed by atoms with Crippen molar-refractivity contribution in [3.8, 4) is 11.5 Å². The van der Waals surface area contributed by atoms with Crippen molar-refractivity contribution >= 4 is 17.6 Å². The van der Waals surface area contributed by atoms with Gasteiger partial charge in [-0.3, -0.25) is 4.99 Å². The van der Waals surface area contributed by atoms with Gasteiger partial charge < -0.3 is 20.1 Å². The molecule has 24 heavy (non-hydrogen) atoms. The number of aliphatic imine (C=N–C) groups is 1. The van der Waals surface area contributed by atoms with Crippen molar-refractivity contribution in [2.24, 2.45) is 4.99 Å². The smallest absolute Gasteiger partial charge is 0.390 e. The summed E-state index contributed by atoms with van der Waals surface area (Å²) in [5, 5.41) is 5.92. The molecule has 0 atom stereocenters. The molecule has 0 aliphatic carbocycles. The maximum Gasteiger partial charge on any atom is 0.390 e. The van der Waals surface area contributed by atoms with Gasteiger partial charge in [0.1, 0.15) is 0 Å². The molecule has 0 amide bonds. The Labute approximate surface area is 144 Å². The van der Waals surface area contributed by atoms with E-state index in [9.17, 15) is 13.2 Å². The van der Waals surface area contributed by atoms with E-state index in [2.05, 4.69) is 15.6 Å². The van der Waals surface area contributed by atoms with Gasteiger partial charge in [0.15, 0.2) is 17.5 Å². The van der Waals surface area contributed by atoms with Crippen molar-refractivity contribution in [2.75, 3.05) is 27.3 Å². The van der Waals surface area contributed by atoms with Crippen LogP contribution < -0.4 is 20.1 Å². The lowest BCUT2D eigenvalue weighted by atomic mass is 10.2. The zero-order valence-electron chi connectivity index (χ0n) is 13.8. The van der Waals surface area contributed by atoms with Crippen molar-refractivity contribution in [2.45, 2.75) is 26.1 Å². The Bertz CT molecular complexity index is 566. The number of alkyl halides is 3. The first-order valence-corrected chi connectivity index (χ1v) is 7.69. The van der Waals surface area contributed by atoms with E-state index < -0.39 is 12.6 Å². The van der Waals surface area contributed by atoms with Gasteiger partial charge in [0.2, 0.25) is 0 Å². The fourth-order valence-electron chi connectivity index (χ4n) is 1.89. The van der Waals surface area contributed by atoms with E-state index in [0.717, 1.165) is 5.56 Å². The average molecular weight is 368 g/mol. The van der Waals surface area contributed by atoms with E-state index in [-0.39, 0.29) is 12.5 Å². The molecular formula is C15H21ClF3N3O2. The number of methoxy groups -OCH3 is 1. The predicted octanol–water partition coefficient (Wildman–Crippen LogP) is 3.36. The minimum Gasteiger partial charge on any atom is -0.493 e. The molecule has 2 N–H and O–H groups in total. The molecule has 0 saturated heterocycles. The average Bonchev–Trinajstić information content (AvgIpc) is 2.51. The summed E-state index contributed by atoms with van der Waals surface area (Å²) in [5.74, 6) is 1.21. The second kappa shape index (κ2) is 9.46. The Balaban J connectivity index is 2.67. The number of nitrogens with zero attached hydrogens (tertiary/aromatic N) is 1. The molecule has 0 aliphatic rings. The highest BCUT2D eigenvalue weighted by Crippen LogP contribution is 2.36. The van der Waals surface area contributed by atoms with E-state index in [1.165, 1.54) is 14.2 Å². The van der Waals surface area contributed by atoms with Crippen LogP contribution in [0.1, 0.15) is 18.9 Å². The molecule has 0 radical (unpaired) electrons. The van der Waals surface area contributed by atoms with Gasteiger partial charge >= 0.3 is 6.18 Å². The number of benzene rings is 1. The first-order chi connectivity index (χ1) is 11.3. The minimum absolute atomic E-state index is 0.253. The zero-order valence-corrected chi connectivity index (χ0v) is 14.5. The van der Waals surface area contributed by atoms with Crippen LogP contribution in [0.25, 0.3) is 0 Å². The summed E-state index contributed by atoms with van der Waals surface area (Å²) < 4.78 is 47.1. The Hall–Kier alpha value is -1.83. The van der Waals surface area contributed by atoms with Gasteiger partial charge in [-0.2, -0.15) is 13.2 Å². The van der Waals surface area contributed by atoms with Gasteiger partial charge in [-0.1, -0.05) is 11.6 Å². The van der Waals surface area contributed by atoms with Crippen LogP contribution in [0.4, 0.5) is 13.2 Å². The topological polar surface area (TPSA) is 54.9 Å². The van der Waals surface area contributed by atoms with Crippen LogP contribution in [0, 0.1) is 0 Å². The van der Waals surface area contributed by atoms with Crippen LogP contribution in [-0.4, -0.2) is 39.4 Å². The summed E-state index contributed by atoms with van der Waals surface area (Å²) in [4.78, 5) is 3.87. The molecule has 0 unspecified atom stereocenters. The Morgan fingerprint density at radius 1 is 1.29 bits per heavy atom. The molecule has 0 aliphatic heterocycles. The molecule has 1 aromatic rings. The third-order valence-corrected chi connectivity index (χ3v) is 3.24. The standard InChI is InChI=1S/C15H21ClF3N3O2/c1-4-24-13-11(16)7-10(8-12(13)23-3)9-22-14(20-2)21-6-5-15(17,18)19/h7-8H,4-6,9H2,1-3H3,(H2,20,21,22). The highest BCUT2D eigenvalue weighted by atomic mass is 35.5. The lowest BCUT2D eigenvalue weighted by molar-refractivity contribution is -0.132. The molecule has 5 nitrogen and oxygen atoms in total. The van der Waals surface area contributed by atoms with Gasteiger partial charge in [0, 0.05) is 20.1 Å². The first kappa shape index (κ1) is 20.2. The molecule has 0 fully saturated rings. The summed E-state index contributed by atoms with van der Waals surface area (Å²) in [7, 11) is 2.98. The molecule has 9 heteroatoms. The van der Waals surface area contributed by atoms with Crippen LogP contribution in [0.5, 0.6) is 11.5 Å². The summed E-state index contributed by atoms with van der Waals surface area (Å²) in [6.45, 7) is 2.34. The van der Waals surface area contributed by atoms with E-state index in [0.29, 0.717) is 29.7 Å². The molecule has 0 aromatic heterocycles. The normalized spacial score (nSPS) is 12.0. The van der Waals surface area contributed by atoms with E-state index in [1.54, 1.807) is 12.1 Å². The summed E-state index contributed by atoms with van der Waals surface area (Å²) in [5.41, 5.74) is 0.777. The SMILES string of the molecule is CCOc1c(Cl)cc(CNC(=NC)NCCC(F)(F)F)cc1OC. The highest BCUT2D eigenvalue weighted by molar-refractivity contribution is 6.32. The third kappa shape index (κ3) is 6.74. The number of rotatable bonds is 7. The van der Waals surface area contributed by atoms with Gasteiger partial charge in [0.05, 0.1) is 25.2 Å². The quantitative estimate of drug-likeness (QED) is 0.573. The van der Waals surface area contributed by atoms with Crippen LogP contribution in [-0.2, 0) is 6.54 Å². The monoisotopic (exact) mass is 367 g/mol. The minimum atomic E-state index is -4.21. The van der Waals surface area contributed by atoms with Crippen molar-refractivity contribution < 1.29 is 22.6 Å². The van der Waals surface area contributed by atoms with Crippen molar-refractivity contribution in [1.82, 2.24) is 10.6 Å². The number of guanidine groups is 1. The molecular weight excluding hydrogens is 347 g/mol. The van der Waals surface area contributed by atoms with Crippen molar-refractivity contribution in [3.63, 3.8) is 0 Å². The lowest BCUT2D eigenvalue weighted by Crippen LogP contribution is -2.38. The van der Waals surface area contributed by atoms with Gasteiger partial charge in [0.25, 0.3) is 0 Å². The Kier molecular flexibility index (Phi) is 7.97. The molecule has 1 aromatic carbocycles. The zero-order chi connectivity index (χ0) is 18.2. The Morgan fingerprint density at radius 2 is 2.00 bits per heavy atom. The molecule has 0 saturated carbocycles. The van der Waals surface area contributed by atoms with Crippen LogP contribution >= 0.6 is 11.6 Å². The second-order valence-electron chi connectivity index (χ2n) is 4.76. The summed E-state index contributed by atoms with van der Waals surface area (Å²) in [6, 6.07) is 3.44. The van der Waals surface area contributed by atoms with Crippen molar-refractivity contribution in [1.29, 1.82) is 0 Å². The molecule has 0 bridgehead atoms. The van der Waals surface area contributed by atoms with Gasteiger partial charge in [-0.25, -0.2) is 0 Å². The van der Waals surface area contributed by atoms with Gasteiger partial charge in [-0.05, 0) is 24.6 Å². The molecule has 0 heterocycles. The second-order valence-corrected chi connectivity index (χ2v) is 5.17. The number of nitrogens with one attached hydrogen (secondary N) is 2. The lowest BCUT2D eigenvalue weighted by Gasteiger charge is -2.15. The number of hydrogen-bond acceptors (Lipinski definition) is 3. The van der Waals surface area contributed by atoms with E-state index in [4.69, 9.17) is 21.1 Å². The molecule has 1 rings (SSSR count). The largest absolute Gasteiger partial charge is 0.493 e. The van der Waals surface area contributed by atoms with Crippen molar-refractivity contribution in [3.05, 3.63) is 22.7 Å². The summed E-state index contributed by atoms with van der Waals surface area (Å²) >= 11 is 6.17.